The number of hydrogen-bond acceptors (Lipinski definition) is 4. The predicted molar refractivity (Wildman–Crippen MR) is 71.9 cm³/mol. The van der Waals surface area contributed by atoms with Gasteiger partial charge >= 0.3 is 0 Å². The van der Waals surface area contributed by atoms with Crippen LogP contribution in [0.5, 0.6) is 5.75 Å². The first kappa shape index (κ1) is 13.3. The predicted octanol–water partition coefficient (Wildman–Crippen LogP) is 0.715. The molecule has 1 fully saturated rings. The summed E-state index contributed by atoms with van der Waals surface area (Å²) in [5, 5.41) is 19.4. The van der Waals surface area contributed by atoms with Crippen molar-refractivity contribution in [2.45, 2.75) is 5.92 Å². The van der Waals surface area contributed by atoms with Crippen molar-refractivity contribution in [1.82, 2.24) is 9.80 Å². The lowest BCUT2D eigenvalue weighted by Crippen LogP contribution is -2.46. The molecule has 2 rings (SSSR count). The Balaban J connectivity index is 1.99. The molecule has 1 saturated heterocycles. The van der Waals surface area contributed by atoms with Crippen molar-refractivity contribution in [2.75, 3.05) is 46.4 Å². The van der Waals surface area contributed by atoms with E-state index < -0.39 is 0 Å². The first-order chi connectivity index (χ1) is 8.70. The first-order valence-electron chi connectivity index (χ1n) is 6.50. The van der Waals surface area contributed by atoms with Crippen LogP contribution in [0.4, 0.5) is 0 Å². The molecule has 0 radical (unpaired) electrons. The highest BCUT2D eigenvalue weighted by molar-refractivity contribution is 5.35. The molecule has 0 amide bonds. The van der Waals surface area contributed by atoms with Crippen LogP contribution >= 0.6 is 0 Å². The summed E-state index contributed by atoms with van der Waals surface area (Å²) in [5.41, 5.74) is 0.846. The lowest BCUT2D eigenvalue weighted by molar-refractivity contribution is 0.132. The van der Waals surface area contributed by atoms with Crippen LogP contribution in [0.25, 0.3) is 0 Å². The summed E-state index contributed by atoms with van der Waals surface area (Å²) in [4.78, 5) is 4.66. The summed E-state index contributed by atoms with van der Waals surface area (Å²) in [6.45, 7) is 5.07. The van der Waals surface area contributed by atoms with Gasteiger partial charge in [0.05, 0.1) is 6.61 Å². The van der Waals surface area contributed by atoms with Crippen molar-refractivity contribution < 1.29 is 10.2 Å². The number of benzene rings is 1. The molecule has 1 aromatic rings. The van der Waals surface area contributed by atoms with E-state index in [4.69, 9.17) is 0 Å². The van der Waals surface area contributed by atoms with Gasteiger partial charge in [-0.2, -0.15) is 0 Å². The van der Waals surface area contributed by atoms with E-state index in [9.17, 15) is 10.2 Å². The van der Waals surface area contributed by atoms with E-state index in [0.717, 1.165) is 38.3 Å². The Kier molecular flexibility index (Phi) is 4.58. The van der Waals surface area contributed by atoms with E-state index in [1.807, 2.05) is 18.2 Å². The second kappa shape index (κ2) is 6.18. The number of nitrogens with zero attached hydrogens (tertiary/aromatic N) is 2. The van der Waals surface area contributed by atoms with Crippen LogP contribution in [0.15, 0.2) is 24.3 Å². The van der Waals surface area contributed by atoms with Crippen molar-refractivity contribution >= 4 is 0 Å². The van der Waals surface area contributed by atoms with Gasteiger partial charge in [0.2, 0.25) is 0 Å². The third-order valence-electron chi connectivity index (χ3n) is 3.67. The summed E-state index contributed by atoms with van der Waals surface area (Å²) >= 11 is 0. The largest absolute Gasteiger partial charge is 0.508 e. The Bertz CT molecular complexity index is 376. The van der Waals surface area contributed by atoms with E-state index in [1.54, 1.807) is 6.07 Å². The number of phenols is 1. The molecule has 1 unspecified atom stereocenters. The maximum Gasteiger partial charge on any atom is 0.119 e. The number of rotatable bonds is 4. The van der Waals surface area contributed by atoms with Crippen LogP contribution in [-0.2, 0) is 0 Å². The number of aromatic hydroxyl groups is 1. The summed E-state index contributed by atoms with van der Waals surface area (Å²) in [6, 6.07) is 7.29. The van der Waals surface area contributed by atoms with Crippen molar-refractivity contribution in [2.24, 2.45) is 0 Å². The third-order valence-corrected chi connectivity index (χ3v) is 3.67. The third kappa shape index (κ3) is 3.22. The number of aliphatic hydroxyl groups excluding tert-OH is 1. The number of para-hydroxylation sites is 1. The van der Waals surface area contributed by atoms with Gasteiger partial charge in [-0.3, -0.25) is 0 Å². The highest BCUT2D eigenvalue weighted by Gasteiger charge is 2.20. The van der Waals surface area contributed by atoms with Gasteiger partial charge in [0.25, 0.3) is 0 Å². The summed E-state index contributed by atoms with van der Waals surface area (Å²) in [6.07, 6.45) is 0. The Labute approximate surface area is 108 Å². The molecule has 18 heavy (non-hydrogen) atoms. The second-order valence-electron chi connectivity index (χ2n) is 5.04. The Hall–Kier alpha value is -1.10. The van der Waals surface area contributed by atoms with Gasteiger partial charge < -0.3 is 20.0 Å². The van der Waals surface area contributed by atoms with Crippen molar-refractivity contribution in [1.29, 1.82) is 0 Å². The monoisotopic (exact) mass is 250 g/mol. The Morgan fingerprint density at radius 3 is 2.44 bits per heavy atom. The van der Waals surface area contributed by atoms with Gasteiger partial charge in [0.1, 0.15) is 5.75 Å². The van der Waals surface area contributed by atoms with E-state index in [2.05, 4.69) is 16.8 Å². The van der Waals surface area contributed by atoms with Crippen molar-refractivity contribution in [3.8, 4) is 5.75 Å². The molecule has 1 heterocycles. The fraction of sp³-hybridized carbons (Fsp3) is 0.571. The van der Waals surface area contributed by atoms with E-state index in [1.165, 1.54) is 0 Å². The van der Waals surface area contributed by atoms with Crippen LogP contribution in [0, 0.1) is 0 Å². The van der Waals surface area contributed by atoms with Crippen LogP contribution in [0.3, 0.4) is 0 Å². The van der Waals surface area contributed by atoms with E-state index >= 15 is 0 Å². The number of phenolic OH excluding ortho intramolecular Hbond substituents is 1. The summed E-state index contributed by atoms with van der Waals surface area (Å²) in [5.74, 6) is 0.278. The number of hydrogen-bond donors (Lipinski definition) is 2. The fourth-order valence-corrected chi connectivity index (χ4v) is 2.43. The molecule has 1 aromatic carbocycles. The molecule has 1 aliphatic rings. The molecule has 0 bridgehead atoms. The average molecular weight is 250 g/mol. The van der Waals surface area contributed by atoms with Gasteiger partial charge in [-0.25, -0.2) is 0 Å². The normalized spacial score (nSPS) is 19.9. The molecule has 100 valence electrons. The second-order valence-corrected chi connectivity index (χ2v) is 5.04. The Morgan fingerprint density at radius 1 is 1.17 bits per heavy atom. The zero-order valence-electron chi connectivity index (χ0n) is 10.9. The number of piperazine rings is 1. The Morgan fingerprint density at radius 2 is 1.83 bits per heavy atom. The molecule has 0 spiro atoms. The number of likely N-dealkylation sites (N-methyl/N-ethyl adjacent to an activating group) is 1. The molecule has 1 aliphatic heterocycles. The van der Waals surface area contributed by atoms with Crippen LogP contribution in [0.1, 0.15) is 11.5 Å². The van der Waals surface area contributed by atoms with Crippen molar-refractivity contribution in [3.05, 3.63) is 29.8 Å². The van der Waals surface area contributed by atoms with Gasteiger partial charge in [-0.1, -0.05) is 18.2 Å². The molecule has 1 atom stereocenters. The standard InChI is InChI=1S/C14H22N2O2/c1-15-6-8-16(9-7-15)10-12(11-17)13-4-2-3-5-14(13)18/h2-5,12,17-18H,6-11H2,1H3. The molecule has 0 saturated carbocycles. The minimum absolute atomic E-state index is 0.00499. The highest BCUT2D eigenvalue weighted by Crippen LogP contribution is 2.26. The van der Waals surface area contributed by atoms with Crippen LogP contribution in [-0.4, -0.2) is 66.4 Å². The molecular weight excluding hydrogens is 228 g/mol. The highest BCUT2D eigenvalue weighted by atomic mass is 16.3. The van der Waals surface area contributed by atoms with Crippen LogP contribution < -0.4 is 0 Å². The average Bonchev–Trinajstić information content (AvgIpc) is 2.39. The molecule has 0 aliphatic carbocycles. The SMILES string of the molecule is CN1CCN(CC(CO)c2ccccc2O)CC1. The maximum absolute atomic E-state index is 9.85. The lowest BCUT2D eigenvalue weighted by Gasteiger charge is -2.34. The zero-order chi connectivity index (χ0) is 13.0. The molecule has 2 N–H and O–H groups in total. The smallest absolute Gasteiger partial charge is 0.119 e. The maximum atomic E-state index is 9.85. The quantitative estimate of drug-likeness (QED) is 0.826. The van der Waals surface area contributed by atoms with Crippen molar-refractivity contribution in [3.63, 3.8) is 0 Å². The number of aliphatic hydroxyl groups is 1. The molecule has 4 heteroatoms. The van der Waals surface area contributed by atoms with Gasteiger partial charge in [-0.15, -0.1) is 0 Å². The van der Waals surface area contributed by atoms with E-state index in [-0.39, 0.29) is 18.3 Å². The fourth-order valence-electron chi connectivity index (χ4n) is 2.43. The summed E-state index contributed by atoms with van der Waals surface area (Å²) < 4.78 is 0. The summed E-state index contributed by atoms with van der Waals surface area (Å²) in [7, 11) is 2.13. The minimum atomic E-state index is -0.00499. The zero-order valence-corrected chi connectivity index (χ0v) is 10.9. The molecule has 0 aromatic heterocycles. The van der Waals surface area contributed by atoms with Gasteiger partial charge in [0, 0.05) is 44.2 Å². The van der Waals surface area contributed by atoms with Gasteiger partial charge in [-0.05, 0) is 13.1 Å². The lowest BCUT2D eigenvalue weighted by atomic mass is 9.98. The van der Waals surface area contributed by atoms with Gasteiger partial charge in [0.15, 0.2) is 0 Å². The minimum Gasteiger partial charge on any atom is -0.508 e. The molecule has 4 nitrogen and oxygen atoms in total. The van der Waals surface area contributed by atoms with Crippen LogP contribution in [0.2, 0.25) is 0 Å². The molecular formula is C14H22N2O2. The van der Waals surface area contributed by atoms with E-state index in [0.29, 0.717) is 0 Å². The topological polar surface area (TPSA) is 46.9 Å². The first-order valence-corrected chi connectivity index (χ1v) is 6.50.